The van der Waals surface area contributed by atoms with E-state index in [0.717, 1.165) is 13.1 Å². The number of allylic oxidation sites excluding steroid dienone is 1. The van der Waals surface area contributed by atoms with Crippen molar-refractivity contribution in [3.05, 3.63) is 34.0 Å². The van der Waals surface area contributed by atoms with Crippen molar-refractivity contribution in [3.8, 4) is 0 Å². The van der Waals surface area contributed by atoms with Crippen molar-refractivity contribution in [1.29, 1.82) is 0 Å². The Morgan fingerprint density at radius 3 is 2.67 bits per heavy atom. The number of piperidine rings is 1. The van der Waals surface area contributed by atoms with Crippen molar-refractivity contribution in [1.82, 2.24) is 10.2 Å². The van der Waals surface area contributed by atoms with Gasteiger partial charge in [0.25, 0.3) is 0 Å². The molecule has 21 heavy (non-hydrogen) atoms. The van der Waals surface area contributed by atoms with Crippen molar-refractivity contribution >= 4 is 11.3 Å². The fourth-order valence-electron chi connectivity index (χ4n) is 2.78. The Bertz CT molecular complexity index is 436. The summed E-state index contributed by atoms with van der Waals surface area (Å²) >= 11 is 1.87. The average Bonchev–Trinajstić information content (AvgIpc) is 2.99. The highest BCUT2D eigenvalue weighted by Gasteiger charge is 2.24. The van der Waals surface area contributed by atoms with Gasteiger partial charge in [0, 0.05) is 29.4 Å². The summed E-state index contributed by atoms with van der Waals surface area (Å²) in [7, 11) is 0. The second-order valence-electron chi connectivity index (χ2n) is 7.10. The van der Waals surface area contributed by atoms with Crippen molar-refractivity contribution in [2.75, 3.05) is 26.2 Å². The molecule has 1 saturated heterocycles. The minimum absolute atomic E-state index is 0.243. The highest BCUT2D eigenvalue weighted by molar-refractivity contribution is 7.10. The van der Waals surface area contributed by atoms with Gasteiger partial charge in [0.1, 0.15) is 0 Å². The highest BCUT2D eigenvalue weighted by atomic mass is 32.1. The molecular formula is C18H30N2S. The van der Waals surface area contributed by atoms with E-state index in [-0.39, 0.29) is 5.41 Å². The normalized spacial score (nSPS) is 17.9. The van der Waals surface area contributed by atoms with Crippen LogP contribution in [0.1, 0.15) is 45.4 Å². The fourth-order valence-corrected chi connectivity index (χ4v) is 3.63. The summed E-state index contributed by atoms with van der Waals surface area (Å²) in [6.45, 7) is 13.7. The summed E-state index contributed by atoms with van der Waals surface area (Å²) in [4.78, 5) is 4.05. The summed E-state index contributed by atoms with van der Waals surface area (Å²) in [6, 6.07) is 5.10. The lowest BCUT2D eigenvalue weighted by Gasteiger charge is -2.34. The molecule has 0 bridgehead atoms. The maximum Gasteiger partial charge on any atom is 0.0165 e. The van der Waals surface area contributed by atoms with E-state index >= 15 is 0 Å². The third-order valence-corrected chi connectivity index (χ3v) is 5.60. The van der Waals surface area contributed by atoms with E-state index in [0.29, 0.717) is 6.04 Å². The second-order valence-corrected chi connectivity index (χ2v) is 8.05. The summed E-state index contributed by atoms with van der Waals surface area (Å²) in [5, 5.41) is 5.98. The number of hydrogen-bond acceptors (Lipinski definition) is 3. The van der Waals surface area contributed by atoms with Gasteiger partial charge in [0.2, 0.25) is 0 Å². The maximum absolute atomic E-state index is 3.80. The molecule has 0 unspecified atom stereocenters. The smallest absolute Gasteiger partial charge is 0.0165 e. The second kappa shape index (κ2) is 7.57. The third kappa shape index (κ3) is 5.24. The third-order valence-electron chi connectivity index (χ3n) is 4.37. The molecule has 1 aliphatic heterocycles. The minimum atomic E-state index is 0.243. The van der Waals surface area contributed by atoms with Crippen LogP contribution in [0.5, 0.6) is 0 Å². The molecule has 1 aromatic rings. The molecule has 1 aromatic heterocycles. The first kappa shape index (κ1) is 16.7. The van der Waals surface area contributed by atoms with Gasteiger partial charge in [-0.3, -0.25) is 4.90 Å². The maximum atomic E-state index is 3.80. The van der Waals surface area contributed by atoms with Crippen LogP contribution in [0.15, 0.2) is 29.2 Å². The Balaban J connectivity index is 1.73. The van der Waals surface area contributed by atoms with Crippen LogP contribution in [0, 0.1) is 0 Å². The Hall–Kier alpha value is -0.640. The van der Waals surface area contributed by atoms with Gasteiger partial charge in [0.15, 0.2) is 0 Å². The summed E-state index contributed by atoms with van der Waals surface area (Å²) in [5.74, 6) is 0. The number of thiophene rings is 1. The Morgan fingerprint density at radius 2 is 2.10 bits per heavy atom. The van der Waals surface area contributed by atoms with Crippen molar-refractivity contribution in [2.24, 2.45) is 0 Å². The van der Waals surface area contributed by atoms with E-state index in [1.165, 1.54) is 36.4 Å². The Kier molecular flexibility index (Phi) is 6.03. The molecule has 0 aliphatic carbocycles. The predicted octanol–water partition coefficient (Wildman–Crippen LogP) is 4.05. The largest absolute Gasteiger partial charge is 0.313 e. The summed E-state index contributed by atoms with van der Waals surface area (Å²) in [6.07, 6.45) is 4.89. The van der Waals surface area contributed by atoms with E-state index in [9.17, 15) is 0 Å². The number of rotatable bonds is 6. The van der Waals surface area contributed by atoms with Crippen LogP contribution in [0.25, 0.3) is 0 Å². The molecule has 2 heterocycles. The van der Waals surface area contributed by atoms with E-state index in [4.69, 9.17) is 0 Å². The summed E-state index contributed by atoms with van der Waals surface area (Å²) in [5.41, 5.74) is 1.67. The van der Waals surface area contributed by atoms with Crippen molar-refractivity contribution in [2.45, 2.75) is 52.0 Å². The molecule has 0 atom stereocenters. The molecule has 0 spiro atoms. The zero-order valence-corrected chi connectivity index (χ0v) is 14.8. The SMILES string of the molecule is CC(C)=CCN1CCC(NCC(C)(C)c2cccs2)CC1. The topological polar surface area (TPSA) is 15.3 Å². The van der Waals surface area contributed by atoms with Crippen LogP contribution >= 0.6 is 11.3 Å². The zero-order chi connectivity index (χ0) is 15.3. The average molecular weight is 307 g/mol. The van der Waals surface area contributed by atoms with Crippen molar-refractivity contribution < 1.29 is 0 Å². The summed E-state index contributed by atoms with van der Waals surface area (Å²) < 4.78 is 0. The standard InChI is InChI=1S/C18H30N2S/c1-15(2)7-10-20-11-8-16(9-12-20)19-14-18(3,4)17-6-5-13-21-17/h5-7,13,16,19H,8-12,14H2,1-4H3. The molecule has 2 rings (SSSR count). The lowest BCUT2D eigenvalue weighted by atomic mass is 9.90. The molecule has 2 nitrogen and oxygen atoms in total. The van der Waals surface area contributed by atoms with Crippen LogP contribution in [-0.2, 0) is 5.41 Å². The van der Waals surface area contributed by atoms with Gasteiger partial charge in [-0.2, -0.15) is 0 Å². The zero-order valence-electron chi connectivity index (χ0n) is 14.0. The van der Waals surface area contributed by atoms with E-state index in [1.54, 1.807) is 0 Å². The van der Waals surface area contributed by atoms with Crippen molar-refractivity contribution in [3.63, 3.8) is 0 Å². The monoisotopic (exact) mass is 306 g/mol. The van der Waals surface area contributed by atoms with Gasteiger partial charge in [-0.15, -0.1) is 11.3 Å². The molecule has 1 aliphatic rings. The van der Waals surface area contributed by atoms with Crippen LogP contribution in [0.4, 0.5) is 0 Å². The lowest BCUT2D eigenvalue weighted by molar-refractivity contribution is 0.210. The van der Waals surface area contributed by atoms with Crippen LogP contribution < -0.4 is 5.32 Å². The molecular weight excluding hydrogens is 276 g/mol. The number of nitrogens with zero attached hydrogens (tertiary/aromatic N) is 1. The highest BCUT2D eigenvalue weighted by Crippen LogP contribution is 2.27. The van der Waals surface area contributed by atoms with Gasteiger partial charge in [-0.25, -0.2) is 0 Å². The van der Waals surface area contributed by atoms with Gasteiger partial charge in [0.05, 0.1) is 0 Å². The fraction of sp³-hybridized carbons (Fsp3) is 0.667. The van der Waals surface area contributed by atoms with Gasteiger partial charge < -0.3 is 5.32 Å². The number of hydrogen-bond donors (Lipinski definition) is 1. The van der Waals surface area contributed by atoms with E-state index < -0.39 is 0 Å². The predicted molar refractivity (Wildman–Crippen MR) is 94.2 cm³/mol. The van der Waals surface area contributed by atoms with Gasteiger partial charge in [-0.05, 0) is 51.2 Å². The van der Waals surface area contributed by atoms with Gasteiger partial charge in [-0.1, -0.05) is 31.6 Å². The minimum Gasteiger partial charge on any atom is -0.313 e. The van der Waals surface area contributed by atoms with Crippen LogP contribution in [0.3, 0.4) is 0 Å². The quantitative estimate of drug-likeness (QED) is 0.798. The van der Waals surface area contributed by atoms with Gasteiger partial charge >= 0.3 is 0 Å². The molecule has 118 valence electrons. The van der Waals surface area contributed by atoms with Crippen LogP contribution in [-0.4, -0.2) is 37.1 Å². The molecule has 0 saturated carbocycles. The Morgan fingerprint density at radius 1 is 1.38 bits per heavy atom. The molecule has 0 aromatic carbocycles. The first-order valence-corrected chi connectivity index (χ1v) is 8.98. The number of nitrogens with one attached hydrogen (secondary N) is 1. The van der Waals surface area contributed by atoms with E-state index in [2.05, 4.69) is 61.5 Å². The molecule has 0 radical (unpaired) electrons. The first-order chi connectivity index (χ1) is 9.97. The lowest BCUT2D eigenvalue weighted by Crippen LogP contribution is -2.45. The molecule has 0 amide bonds. The van der Waals surface area contributed by atoms with Crippen LogP contribution in [0.2, 0.25) is 0 Å². The molecule has 1 fully saturated rings. The first-order valence-electron chi connectivity index (χ1n) is 8.10. The number of likely N-dealkylation sites (tertiary alicyclic amines) is 1. The Labute approximate surface area is 134 Å². The van der Waals surface area contributed by atoms with E-state index in [1.807, 2.05) is 11.3 Å². The molecule has 3 heteroatoms. The molecule has 1 N–H and O–H groups in total.